The number of allylic oxidation sites excluding steroid dienone is 1. The smallest absolute Gasteiger partial charge is 0.0734 e. The third-order valence-electron chi connectivity index (χ3n) is 2.24. The number of nitrogens with two attached hydrogens (primary N) is 1. The molecule has 1 heterocycles. The Labute approximate surface area is 68.4 Å². The van der Waals surface area contributed by atoms with Gasteiger partial charge in [-0.1, -0.05) is 19.1 Å². The van der Waals surface area contributed by atoms with Crippen LogP contribution in [0.4, 0.5) is 0 Å². The second-order valence-electron chi connectivity index (χ2n) is 3.10. The topological polar surface area (TPSA) is 29.3 Å². The van der Waals surface area contributed by atoms with Gasteiger partial charge in [0.15, 0.2) is 0 Å². The SMILES string of the molecule is C/C=C(/N)C1C(C)C=CN1C. The summed E-state index contributed by atoms with van der Waals surface area (Å²) in [7, 11) is 2.06. The van der Waals surface area contributed by atoms with Gasteiger partial charge in [0.2, 0.25) is 0 Å². The summed E-state index contributed by atoms with van der Waals surface area (Å²) in [4.78, 5) is 2.15. The van der Waals surface area contributed by atoms with Crippen LogP contribution in [0.25, 0.3) is 0 Å². The van der Waals surface area contributed by atoms with Crippen molar-refractivity contribution >= 4 is 0 Å². The van der Waals surface area contributed by atoms with Crippen molar-refractivity contribution in [3.05, 3.63) is 24.0 Å². The maximum absolute atomic E-state index is 5.84. The minimum atomic E-state index is 0.375. The van der Waals surface area contributed by atoms with Gasteiger partial charge in [0, 0.05) is 18.7 Å². The molecule has 1 aliphatic heterocycles. The third kappa shape index (κ3) is 1.39. The standard InChI is InChI=1S/C9H16N2/c1-4-8(10)9-7(2)5-6-11(9)3/h4-7,9H,10H2,1-3H3/b8-4+. The lowest BCUT2D eigenvalue weighted by Crippen LogP contribution is -2.33. The van der Waals surface area contributed by atoms with E-state index in [1.807, 2.05) is 13.0 Å². The zero-order valence-corrected chi connectivity index (χ0v) is 7.41. The minimum absolute atomic E-state index is 0.375. The summed E-state index contributed by atoms with van der Waals surface area (Å²) in [5.41, 5.74) is 6.80. The van der Waals surface area contributed by atoms with Crippen LogP contribution >= 0.6 is 0 Å². The Morgan fingerprint density at radius 2 is 2.27 bits per heavy atom. The van der Waals surface area contributed by atoms with Crippen LogP contribution in [0.1, 0.15) is 13.8 Å². The van der Waals surface area contributed by atoms with E-state index in [9.17, 15) is 0 Å². The lowest BCUT2D eigenvalue weighted by atomic mass is 10.0. The average molecular weight is 152 g/mol. The molecular formula is C9H16N2. The van der Waals surface area contributed by atoms with Crippen LogP contribution in [0.2, 0.25) is 0 Å². The van der Waals surface area contributed by atoms with E-state index in [0.717, 1.165) is 5.70 Å². The van der Waals surface area contributed by atoms with Crippen molar-refractivity contribution in [2.45, 2.75) is 19.9 Å². The molecule has 0 fully saturated rings. The molecule has 1 aliphatic rings. The van der Waals surface area contributed by atoms with E-state index < -0.39 is 0 Å². The Kier molecular flexibility index (Phi) is 2.22. The van der Waals surface area contributed by atoms with Gasteiger partial charge in [-0.25, -0.2) is 0 Å². The maximum Gasteiger partial charge on any atom is 0.0734 e. The first-order valence-corrected chi connectivity index (χ1v) is 3.98. The van der Waals surface area contributed by atoms with Crippen LogP contribution in [-0.4, -0.2) is 18.0 Å². The van der Waals surface area contributed by atoms with E-state index in [0.29, 0.717) is 12.0 Å². The normalized spacial score (nSPS) is 31.5. The molecule has 2 nitrogen and oxygen atoms in total. The summed E-state index contributed by atoms with van der Waals surface area (Å²) in [5.74, 6) is 0.538. The molecular weight excluding hydrogens is 136 g/mol. The van der Waals surface area contributed by atoms with Crippen LogP contribution < -0.4 is 5.73 Å². The Morgan fingerprint density at radius 1 is 1.64 bits per heavy atom. The molecule has 2 unspecified atom stereocenters. The Morgan fingerprint density at radius 3 is 2.64 bits per heavy atom. The van der Waals surface area contributed by atoms with Crippen molar-refractivity contribution < 1.29 is 0 Å². The zero-order valence-electron chi connectivity index (χ0n) is 7.41. The van der Waals surface area contributed by atoms with Gasteiger partial charge in [0.1, 0.15) is 0 Å². The molecule has 0 saturated carbocycles. The Bertz CT molecular complexity index is 182. The highest BCUT2D eigenvalue weighted by Gasteiger charge is 2.24. The molecule has 0 saturated heterocycles. The van der Waals surface area contributed by atoms with Crippen molar-refractivity contribution in [2.24, 2.45) is 11.7 Å². The van der Waals surface area contributed by atoms with Crippen LogP contribution in [0.5, 0.6) is 0 Å². The van der Waals surface area contributed by atoms with Gasteiger partial charge in [0.05, 0.1) is 6.04 Å². The fourth-order valence-corrected chi connectivity index (χ4v) is 1.55. The molecule has 2 atom stereocenters. The lowest BCUT2D eigenvalue weighted by Gasteiger charge is -2.24. The van der Waals surface area contributed by atoms with Crippen LogP contribution in [0, 0.1) is 5.92 Å². The second kappa shape index (κ2) is 2.99. The predicted molar refractivity (Wildman–Crippen MR) is 47.8 cm³/mol. The monoisotopic (exact) mass is 152 g/mol. The van der Waals surface area contributed by atoms with Gasteiger partial charge in [-0.2, -0.15) is 0 Å². The molecule has 0 radical (unpaired) electrons. The van der Waals surface area contributed by atoms with Gasteiger partial charge in [-0.05, 0) is 13.1 Å². The summed E-state index contributed by atoms with van der Waals surface area (Å²) in [6.07, 6.45) is 6.25. The molecule has 62 valence electrons. The number of hydrogen-bond acceptors (Lipinski definition) is 2. The summed E-state index contributed by atoms with van der Waals surface area (Å²) >= 11 is 0. The van der Waals surface area contributed by atoms with Crippen molar-refractivity contribution in [3.63, 3.8) is 0 Å². The predicted octanol–water partition coefficient (Wildman–Crippen LogP) is 1.31. The molecule has 0 aromatic carbocycles. The van der Waals surface area contributed by atoms with Gasteiger partial charge < -0.3 is 10.6 Å². The second-order valence-corrected chi connectivity index (χ2v) is 3.10. The first kappa shape index (κ1) is 8.18. The van der Waals surface area contributed by atoms with Gasteiger partial charge in [-0.3, -0.25) is 0 Å². The molecule has 0 amide bonds. The molecule has 0 aromatic rings. The van der Waals surface area contributed by atoms with Crippen molar-refractivity contribution in [1.82, 2.24) is 4.90 Å². The average Bonchev–Trinajstić information content (AvgIpc) is 2.30. The highest BCUT2D eigenvalue weighted by molar-refractivity contribution is 5.16. The van der Waals surface area contributed by atoms with Crippen LogP contribution in [0.15, 0.2) is 24.0 Å². The molecule has 0 bridgehead atoms. The largest absolute Gasteiger partial charge is 0.401 e. The van der Waals surface area contributed by atoms with E-state index in [-0.39, 0.29) is 0 Å². The number of rotatable bonds is 1. The van der Waals surface area contributed by atoms with E-state index >= 15 is 0 Å². The third-order valence-corrected chi connectivity index (χ3v) is 2.24. The van der Waals surface area contributed by atoms with Gasteiger partial charge >= 0.3 is 0 Å². The van der Waals surface area contributed by atoms with Crippen LogP contribution in [-0.2, 0) is 0 Å². The molecule has 2 heteroatoms. The highest BCUT2D eigenvalue weighted by Crippen LogP contribution is 2.22. The first-order valence-electron chi connectivity index (χ1n) is 3.98. The summed E-state index contributed by atoms with van der Waals surface area (Å²) < 4.78 is 0. The minimum Gasteiger partial charge on any atom is -0.401 e. The first-order chi connectivity index (χ1) is 5.16. The number of nitrogens with zero attached hydrogens (tertiary/aromatic N) is 1. The Balaban J connectivity index is 2.73. The zero-order chi connectivity index (χ0) is 8.43. The van der Waals surface area contributed by atoms with Crippen molar-refractivity contribution in [2.75, 3.05) is 7.05 Å². The molecule has 0 aromatic heterocycles. The van der Waals surface area contributed by atoms with Crippen molar-refractivity contribution in [3.8, 4) is 0 Å². The lowest BCUT2D eigenvalue weighted by molar-refractivity contribution is 0.348. The number of hydrogen-bond donors (Lipinski definition) is 1. The Hall–Kier alpha value is -0.920. The van der Waals surface area contributed by atoms with Gasteiger partial charge in [-0.15, -0.1) is 0 Å². The van der Waals surface area contributed by atoms with Crippen LogP contribution in [0.3, 0.4) is 0 Å². The molecule has 1 rings (SSSR count). The van der Waals surface area contributed by atoms with E-state index in [2.05, 4.69) is 31.1 Å². The molecule has 0 aliphatic carbocycles. The van der Waals surface area contributed by atoms with E-state index in [1.54, 1.807) is 0 Å². The summed E-state index contributed by atoms with van der Waals surface area (Å²) in [6.45, 7) is 4.16. The van der Waals surface area contributed by atoms with Gasteiger partial charge in [0.25, 0.3) is 0 Å². The fourth-order valence-electron chi connectivity index (χ4n) is 1.55. The summed E-state index contributed by atoms with van der Waals surface area (Å²) in [6, 6.07) is 0.375. The van der Waals surface area contributed by atoms with E-state index in [1.165, 1.54) is 0 Å². The highest BCUT2D eigenvalue weighted by atomic mass is 15.1. The van der Waals surface area contributed by atoms with E-state index in [4.69, 9.17) is 5.73 Å². The fraction of sp³-hybridized carbons (Fsp3) is 0.556. The molecule has 0 spiro atoms. The number of likely N-dealkylation sites (N-methyl/N-ethyl adjacent to an activating group) is 1. The summed E-state index contributed by atoms with van der Waals surface area (Å²) in [5, 5.41) is 0. The van der Waals surface area contributed by atoms with Crippen molar-refractivity contribution in [1.29, 1.82) is 0 Å². The maximum atomic E-state index is 5.84. The quantitative estimate of drug-likeness (QED) is 0.614. The molecule has 2 N–H and O–H groups in total. The molecule has 11 heavy (non-hydrogen) atoms.